The molecule has 5 N–H and O–H groups in total. The smallest absolute Gasteiger partial charge is 0.407 e. The summed E-state index contributed by atoms with van der Waals surface area (Å²) in [5, 5.41) is 26.3. The van der Waals surface area contributed by atoms with Gasteiger partial charge in [-0.15, -0.1) is 0 Å². The van der Waals surface area contributed by atoms with E-state index in [-0.39, 0.29) is 69.9 Å². The van der Waals surface area contributed by atoms with Crippen LogP contribution in [-0.4, -0.2) is 83.8 Å². The number of rotatable bonds is 6. The van der Waals surface area contributed by atoms with Gasteiger partial charge in [-0.25, -0.2) is 4.79 Å². The molecule has 13 unspecified atom stereocenters. The molecule has 7 rings (SSSR count). The Morgan fingerprint density at radius 3 is 2.41 bits per heavy atom. The zero-order chi connectivity index (χ0) is 31.7. The number of aliphatic hydroxyl groups is 2. The molecule has 2 aliphatic heterocycles. The van der Waals surface area contributed by atoms with Gasteiger partial charge >= 0.3 is 6.09 Å². The Morgan fingerprint density at radius 2 is 1.77 bits per heavy atom. The quantitative estimate of drug-likeness (QED) is 0.349. The average molecular weight is 619 g/mol. The van der Waals surface area contributed by atoms with Crippen molar-refractivity contribution in [1.82, 2.24) is 5.32 Å². The van der Waals surface area contributed by atoms with Crippen LogP contribution in [0.4, 0.5) is 4.79 Å². The van der Waals surface area contributed by atoms with Gasteiger partial charge in [-0.1, -0.05) is 27.7 Å². The number of alkyl carbamates (subject to hydrolysis) is 1. The number of aliphatic hydroxyl groups excluding tert-OH is 1. The number of hydrogen-bond acceptors (Lipinski definition) is 8. The molecule has 2 spiro atoms. The molecule has 250 valence electrons. The highest BCUT2D eigenvalue weighted by molar-refractivity contribution is 5.68. The van der Waals surface area contributed by atoms with Gasteiger partial charge in [-0.3, -0.25) is 0 Å². The summed E-state index contributed by atoms with van der Waals surface area (Å²) in [5.41, 5.74) is 5.88. The number of amides is 1. The van der Waals surface area contributed by atoms with Crippen molar-refractivity contribution in [2.75, 3.05) is 19.8 Å². The zero-order valence-corrected chi connectivity index (χ0v) is 28.1. The summed E-state index contributed by atoms with van der Waals surface area (Å²) in [6, 6.07) is 0.0590. The maximum absolute atomic E-state index is 12.8. The Labute approximate surface area is 263 Å². The predicted octanol–water partition coefficient (Wildman–Crippen LogP) is 4.16. The molecule has 9 heteroatoms. The largest absolute Gasteiger partial charge is 0.446 e. The third-order valence-electron chi connectivity index (χ3n) is 14.8. The lowest BCUT2D eigenvalue weighted by molar-refractivity contribution is -0.214. The Morgan fingerprint density at radius 1 is 1.09 bits per heavy atom. The lowest BCUT2D eigenvalue weighted by Crippen LogP contribution is -2.70. The van der Waals surface area contributed by atoms with Crippen LogP contribution in [0.1, 0.15) is 99.8 Å². The van der Waals surface area contributed by atoms with Crippen LogP contribution < -0.4 is 11.1 Å². The molecule has 0 aromatic carbocycles. The van der Waals surface area contributed by atoms with Crippen molar-refractivity contribution in [2.24, 2.45) is 51.1 Å². The minimum Gasteiger partial charge on any atom is -0.446 e. The summed E-state index contributed by atoms with van der Waals surface area (Å²) < 4.78 is 24.2. The van der Waals surface area contributed by atoms with E-state index in [1.807, 2.05) is 6.92 Å². The second-order valence-corrected chi connectivity index (χ2v) is 17.5. The molecule has 9 nitrogen and oxygen atoms in total. The average Bonchev–Trinajstić information content (AvgIpc) is 3.55. The summed E-state index contributed by atoms with van der Waals surface area (Å²) in [6.07, 6.45) is 5.70. The summed E-state index contributed by atoms with van der Waals surface area (Å²) in [4.78, 5) is 12.8. The van der Waals surface area contributed by atoms with E-state index in [0.29, 0.717) is 25.7 Å². The minimum atomic E-state index is -1.06. The number of nitrogens with two attached hydrogens (primary N) is 1. The fraction of sp³-hybridized carbons (Fsp3) is 0.971. The second kappa shape index (κ2) is 10.0. The topological polar surface area (TPSA) is 132 Å². The summed E-state index contributed by atoms with van der Waals surface area (Å²) in [5.74, 6) is 1.13. The van der Waals surface area contributed by atoms with Gasteiger partial charge in [0.15, 0.2) is 0 Å². The fourth-order valence-electron chi connectivity index (χ4n) is 12.9. The van der Waals surface area contributed by atoms with Gasteiger partial charge in [0.05, 0.1) is 48.7 Å². The van der Waals surface area contributed by atoms with Gasteiger partial charge in [0.2, 0.25) is 0 Å². The first-order valence-electron chi connectivity index (χ1n) is 17.6. The van der Waals surface area contributed by atoms with Gasteiger partial charge in [-0.2, -0.15) is 0 Å². The molecule has 2 heterocycles. The molecule has 0 aromatic rings. The van der Waals surface area contributed by atoms with Crippen LogP contribution in [0.5, 0.6) is 0 Å². The number of ether oxygens (including phenoxy) is 4. The van der Waals surface area contributed by atoms with E-state index >= 15 is 0 Å². The molecular weight excluding hydrogens is 560 g/mol. The molecule has 0 radical (unpaired) electrons. The van der Waals surface area contributed by atoms with Crippen LogP contribution in [-0.2, 0) is 18.9 Å². The van der Waals surface area contributed by atoms with Crippen LogP contribution >= 0.6 is 0 Å². The Hall–Kier alpha value is -0.970. The SMILES string of the molecule is CCOC(C1CC(C)C2C(O1)C(O)C1(N)C3CCC4C(C)(C)C(OC(=O)NC5COC5)CCC45CC35CCC21C)C(C)(C)O. The monoisotopic (exact) mass is 618 g/mol. The van der Waals surface area contributed by atoms with Crippen molar-refractivity contribution in [2.45, 2.75) is 148 Å². The number of carbonyl (C=O) groups is 1. The zero-order valence-electron chi connectivity index (χ0n) is 28.1. The van der Waals surface area contributed by atoms with Gasteiger partial charge in [0.25, 0.3) is 0 Å². The van der Waals surface area contributed by atoms with Crippen LogP contribution in [0.25, 0.3) is 0 Å². The normalized spacial score (nSPS) is 51.4. The second-order valence-electron chi connectivity index (χ2n) is 17.5. The molecule has 1 amide bonds. The van der Waals surface area contributed by atoms with E-state index in [9.17, 15) is 15.0 Å². The third-order valence-corrected chi connectivity index (χ3v) is 14.8. The number of hydrogen-bond donors (Lipinski definition) is 4. The maximum atomic E-state index is 12.8. The van der Waals surface area contributed by atoms with E-state index < -0.39 is 23.3 Å². The van der Waals surface area contributed by atoms with Gasteiger partial charge in [0, 0.05) is 12.0 Å². The number of fused-ring (bicyclic) bond motifs is 4. The van der Waals surface area contributed by atoms with Crippen molar-refractivity contribution in [3.05, 3.63) is 0 Å². The number of carbonyl (C=O) groups excluding carboxylic acids is 1. The van der Waals surface area contributed by atoms with Crippen molar-refractivity contribution < 1.29 is 34.0 Å². The highest BCUT2D eigenvalue weighted by atomic mass is 16.6. The van der Waals surface area contributed by atoms with Gasteiger partial charge in [0.1, 0.15) is 12.2 Å². The Bertz CT molecular complexity index is 1150. The standard InChI is InChI=1S/C35H58N2O7/c1-8-42-28(31(5,6)40)21-15-19(2)25-26(43-21)27(38)35(36)23-10-9-22-30(3,4)24(44-29(39)37-20-16-41-17-20)11-12-33(22)18-34(23,33)14-13-32(25,35)7/h19-28,38,40H,8-18,36H2,1-7H3,(H,37,39). The highest BCUT2D eigenvalue weighted by Gasteiger charge is 2.85. The first-order valence-corrected chi connectivity index (χ1v) is 17.6. The van der Waals surface area contributed by atoms with Crippen LogP contribution in [0.15, 0.2) is 0 Å². The minimum absolute atomic E-state index is 0.0590. The van der Waals surface area contributed by atoms with E-state index in [1.54, 1.807) is 13.8 Å². The molecule has 0 bridgehead atoms. The molecule has 5 saturated carbocycles. The third kappa shape index (κ3) is 4.01. The van der Waals surface area contributed by atoms with E-state index in [2.05, 4.69) is 33.0 Å². The Kier molecular flexibility index (Phi) is 7.20. The van der Waals surface area contributed by atoms with Crippen LogP contribution in [0, 0.1) is 45.3 Å². The summed E-state index contributed by atoms with van der Waals surface area (Å²) in [6.45, 7) is 16.4. The molecular formula is C35H58N2O7. The van der Waals surface area contributed by atoms with Crippen molar-refractivity contribution in [3.8, 4) is 0 Å². The van der Waals surface area contributed by atoms with Crippen molar-refractivity contribution >= 4 is 6.09 Å². The van der Waals surface area contributed by atoms with Crippen molar-refractivity contribution in [3.63, 3.8) is 0 Å². The Balaban J connectivity index is 1.14. The van der Waals surface area contributed by atoms with Crippen LogP contribution in [0.2, 0.25) is 0 Å². The van der Waals surface area contributed by atoms with E-state index in [0.717, 1.165) is 44.9 Å². The lowest BCUT2D eigenvalue weighted by Gasteiger charge is -2.63. The molecule has 0 aromatic heterocycles. The maximum Gasteiger partial charge on any atom is 0.407 e. The fourth-order valence-corrected chi connectivity index (χ4v) is 12.9. The summed E-state index contributed by atoms with van der Waals surface area (Å²) in [7, 11) is 0. The van der Waals surface area contributed by atoms with E-state index in [1.165, 1.54) is 6.42 Å². The first kappa shape index (κ1) is 31.6. The molecule has 44 heavy (non-hydrogen) atoms. The molecule has 7 aliphatic rings. The highest BCUT2D eigenvalue weighted by Crippen LogP contribution is 2.87. The predicted molar refractivity (Wildman–Crippen MR) is 165 cm³/mol. The molecule has 7 fully saturated rings. The first-order chi connectivity index (χ1) is 20.6. The number of nitrogens with one attached hydrogen (secondary N) is 1. The van der Waals surface area contributed by atoms with E-state index in [4.69, 9.17) is 24.7 Å². The van der Waals surface area contributed by atoms with Gasteiger partial charge < -0.3 is 40.2 Å². The molecule has 13 atom stereocenters. The van der Waals surface area contributed by atoms with Crippen LogP contribution in [0.3, 0.4) is 0 Å². The molecule has 5 aliphatic carbocycles. The lowest BCUT2D eigenvalue weighted by atomic mass is 9.43. The van der Waals surface area contributed by atoms with Crippen molar-refractivity contribution in [1.29, 1.82) is 0 Å². The molecule has 2 saturated heterocycles. The van der Waals surface area contributed by atoms with Gasteiger partial charge in [-0.05, 0) is 112 Å². The summed E-state index contributed by atoms with van der Waals surface area (Å²) >= 11 is 0.